The van der Waals surface area contributed by atoms with Crippen LogP contribution in [0.4, 0.5) is 4.39 Å². The molecule has 1 fully saturated rings. The Labute approximate surface area is 156 Å². The molecule has 0 radical (unpaired) electrons. The number of benzene rings is 1. The maximum atomic E-state index is 13.3. The van der Waals surface area contributed by atoms with Crippen molar-refractivity contribution < 1.29 is 18.7 Å². The van der Waals surface area contributed by atoms with Crippen LogP contribution in [0.3, 0.4) is 0 Å². The van der Waals surface area contributed by atoms with Crippen LogP contribution < -0.4 is 5.32 Å². The van der Waals surface area contributed by atoms with Crippen molar-refractivity contribution in [2.24, 2.45) is 5.41 Å². The average Bonchev–Trinajstić information content (AvgIpc) is 3.14. The second-order valence-corrected chi connectivity index (χ2v) is 7.59. The number of hydrogen-bond donors (Lipinski definition) is 1. The van der Waals surface area contributed by atoms with Gasteiger partial charge >= 0.3 is 0 Å². The van der Waals surface area contributed by atoms with E-state index >= 15 is 0 Å². The first-order chi connectivity index (χ1) is 12.4. The number of carbonyl (C=O) groups excluding carboxylic acids is 1. The first-order valence-corrected chi connectivity index (χ1v) is 9.70. The van der Waals surface area contributed by atoms with Gasteiger partial charge in [0.1, 0.15) is 5.82 Å². The normalized spacial score (nSPS) is 18.5. The minimum absolute atomic E-state index is 0.00338. The van der Waals surface area contributed by atoms with Crippen molar-refractivity contribution in [1.29, 1.82) is 0 Å². The number of carbonyl (C=O) groups is 1. The highest BCUT2D eigenvalue weighted by atomic mass is 19.1. The molecule has 1 amide bonds. The van der Waals surface area contributed by atoms with Crippen LogP contribution in [0.1, 0.15) is 64.4 Å². The van der Waals surface area contributed by atoms with Gasteiger partial charge in [-0.25, -0.2) is 4.39 Å². The summed E-state index contributed by atoms with van der Waals surface area (Å²) in [6.07, 6.45) is 4.20. The molecule has 4 nitrogen and oxygen atoms in total. The van der Waals surface area contributed by atoms with E-state index in [1.54, 1.807) is 6.07 Å². The fourth-order valence-corrected chi connectivity index (χ4v) is 3.69. The topological polar surface area (TPSA) is 47.6 Å². The maximum absolute atomic E-state index is 13.3. The minimum atomic E-state index is -0.263. The van der Waals surface area contributed by atoms with E-state index in [9.17, 15) is 9.18 Å². The van der Waals surface area contributed by atoms with Crippen molar-refractivity contribution in [3.8, 4) is 0 Å². The lowest BCUT2D eigenvalue weighted by Gasteiger charge is -2.34. The molecule has 0 aromatic heterocycles. The van der Waals surface area contributed by atoms with Crippen molar-refractivity contribution >= 4 is 5.91 Å². The van der Waals surface area contributed by atoms with Crippen LogP contribution >= 0.6 is 0 Å². The standard InChI is InChI=1S/C21H32FNO3/c1-4-9-21(3,20-25-12-13-26-20)10-6-11-23-19(24)14-16(2)17-7-5-8-18(22)15-17/h5,7-8,15-16,20H,4,6,9-14H2,1-3H3,(H,23,24)/t16-,21-/m1/s1. The van der Waals surface area contributed by atoms with E-state index in [0.717, 1.165) is 31.2 Å². The predicted octanol–water partition coefficient (Wildman–Crippen LogP) is 4.40. The van der Waals surface area contributed by atoms with Crippen LogP contribution in [0.25, 0.3) is 0 Å². The second kappa shape index (κ2) is 10.0. The smallest absolute Gasteiger partial charge is 0.220 e. The molecular weight excluding hydrogens is 333 g/mol. The molecule has 1 aromatic rings. The maximum Gasteiger partial charge on any atom is 0.220 e. The van der Waals surface area contributed by atoms with Gasteiger partial charge in [0.25, 0.3) is 0 Å². The molecule has 2 atom stereocenters. The number of hydrogen-bond acceptors (Lipinski definition) is 3. The highest BCUT2D eigenvalue weighted by Crippen LogP contribution is 2.37. The molecule has 0 unspecified atom stereocenters. The van der Waals surface area contributed by atoms with Gasteiger partial charge in [-0.05, 0) is 42.9 Å². The zero-order chi connectivity index (χ0) is 19.0. The van der Waals surface area contributed by atoms with E-state index in [0.29, 0.717) is 26.2 Å². The van der Waals surface area contributed by atoms with Crippen molar-refractivity contribution in [2.75, 3.05) is 19.8 Å². The van der Waals surface area contributed by atoms with Gasteiger partial charge in [0, 0.05) is 18.4 Å². The van der Waals surface area contributed by atoms with Crippen LogP contribution in [-0.4, -0.2) is 32.0 Å². The Morgan fingerprint density at radius 1 is 1.35 bits per heavy atom. The summed E-state index contributed by atoms with van der Waals surface area (Å²) < 4.78 is 24.7. The van der Waals surface area contributed by atoms with Crippen LogP contribution in [-0.2, 0) is 14.3 Å². The zero-order valence-electron chi connectivity index (χ0n) is 16.2. The van der Waals surface area contributed by atoms with E-state index < -0.39 is 0 Å². The molecule has 1 aliphatic rings. The molecule has 5 heteroatoms. The van der Waals surface area contributed by atoms with Crippen molar-refractivity contribution in [3.05, 3.63) is 35.6 Å². The summed E-state index contributed by atoms with van der Waals surface area (Å²) in [6.45, 7) is 8.29. The summed E-state index contributed by atoms with van der Waals surface area (Å²) in [7, 11) is 0. The van der Waals surface area contributed by atoms with Crippen molar-refractivity contribution in [3.63, 3.8) is 0 Å². The lowest BCUT2D eigenvalue weighted by atomic mass is 9.80. The molecule has 1 heterocycles. The molecule has 0 bridgehead atoms. The van der Waals surface area contributed by atoms with Gasteiger partial charge in [-0.3, -0.25) is 4.79 Å². The molecule has 2 rings (SSSR count). The Kier molecular flexibility index (Phi) is 8.04. The summed E-state index contributed by atoms with van der Waals surface area (Å²) in [5.74, 6) is -0.259. The lowest BCUT2D eigenvalue weighted by molar-refractivity contribution is -0.133. The van der Waals surface area contributed by atoms with Gasteiger partial charge in [-0.15, -0.1) is 0 Å². The SMILES string of the molecule is CCC[C@](C)(CCCNC(=O)C[C@@H](C)c1cccc(F)c1)C1OCCO1. The summed E-state index contributed by atoms with van der Waals surface area (Å²) in [5, 5.41) is 2.99. The molecule has 0 spiro atoms. The average molecular weight is 365 g/mol. The summed E-state index contributed by atoms with van der Waals surface area (Å²) in [5.41, 5.74) is 0.844. The van der Waals surface area contributed by atoms with Gasteiger partial charge in [0.05, 0.1) is 13.2 Å². The molecule has 0 aliphatic carbocycles. The van der Waals surface area contributed by atoms with Crippen LogP contribution in [0.15, 0.2) is 24.3 Å². The molecule has 1 aromatic carbocycles. The zero-order valence-corrected chi connectivity index (χ0v) is 16.2. The van der Waals surface area contributed by atoms with Gasteiger partial charge < -0.3 is 14.8 Å². The highest BCUT2D eigenvalue weighted by molar-refractivity contribution is 5.76. The summed E-state index contributed by atoms with van der Waals surface area (Å²) >= 11 is 0. The number of amides is 1. The fourth-order valence-electron chi connectivity index (χ4n) is 3.69. The molecule has 1 saturated heterocycles. The van der Waals surface area contributed by atoms with Crippen LogP contribution in [0.5, 0.6) is 0 Å². The van der Waals surface area contributed by atoms with E-state index in [2.05, 4.69) is 19.2 Å². The highest BCUT2D eigenvalue weighted by Gasteiger charge is 2.37. The quantitative estimate of drug-likeness (QED) is 0.625. The van der Waals surface area contributed by atoms with Gasteiger partial charge in [-0.1, -0.05) is 39.3 Å². The molecule has 26 heavy (non-hydrogen) atoms. The van der Waals surface area contributed by atoms with Gasteiger partial charge in [0.15, 0.2) is 6.29 Å². The number of halogens is 1. The Morgan fingerprint density at radius 3 is 2.73 bits per heavy atom. The summed E-state index contributed by atoms with van der Waals surface area (Å²) in [6, 6.07) is 6.46. The Morgan fingerprint density at radius 2 is 2.08 bits per heavy atom. The van der Waals surface area contributed by atoms with E-state index in [1.807, 2.05) is 13.0 Å². The van der Waals surface area contributed by atoms with Crippen LogP contribution in [0.2, 0.25) is 0 Å². The first-order valence-electron chi connectivity index (χ1n) is 9.70. The molecular formula is C21H32FNO3. The van der Waals surface area contributed by atoms with E-state index in [1.165, 1.54) is 12.1 Å². The van der Waals surface area contributed by atoms with E-state index in [4.69, 9.17) is 9.47 Å². The summed E-state index contributed by atoms with van der Waals surface area (Å²) in [4.78, 5) is 12.2. The second-order valence-electron chi connectivity index (χ2n) is 7.59. The molecule has 1 aliphatic heterocycles. The van der Waals surface area contributed by atoms with Gasteiger partial charge in [-0.2, -0.15) is 0 Å². The number of ether oxygens (including phenoxy) is 2. The molecule has 0 saturated carbocycles. The fraction of sp³-hybridized carbons (Fsp3) is 0.667. The third kappa shape index (κ3) is 6.06. The monoisotopic (exact) mass is 365 g/mol. The Balaban J connectivity index is 1.73. The van der Waals surface area contributed by atoms with Crippen LogP contribution in [0, 0.1) is 11.2 Å². The molecule has 146 valence electrons. The Hall–Kier alpha value is -1.46. The minimum Gasteiger partial charge on any atom is -0.356 e. The third-order valence-electron chi connectivity index (χ3n) is 5.17. The number of rotatable bonds is 10. The first kappa shape index (κ1) is 20.8. The van der Waals surface area contributed by atoms with Gasteiger partial charge in [0.2, 0.25) is 5.91 Å². The lowest BCUT2D eigenvalue weighted by Crippen LogP contribution is -2.34. The largest absolute Gasteiger partial charge is 0.356 e. The predicted molar refractivity (Wildman–Crippen MR) is 100 cm³/mol. The Bertz CT molecular complexity index is 574. The van der Waals surface area contributed by atoms with E-state index in [-0.39, 0.29) is 29.3 Å². The third-order valence-corrected chi connectivity index (χ3v) is 5.17. The van der Waals surface area contributed by atoms with Crippen molar-refractivity contribution in [1.82, 2.24) is 5.32 Å². The molecule has 1 N–H and O–H groups in total. The van der Waals surface area contributed by atoms with Crippen molar-refractivity contribution in [2.45, 2.75) is 65.1 Å². The number of nitrogens with one attached hydrogen (secondary N) is 1.